The van der Waals surface area contributed by atoms with Crippen molar-refractivity contribution < 1.29 is 13.9 Å². The third-order valence-electron chi connectivity index (χ3n) is 5.48. The molecule has 1 aromatic carbocycles. The molecule has 1 N–H and O–H groups in total. The Morgan fingerprint density at radius 3 is 2.74 bits per heavy atom. The van der Waals surface area contributed by atoms with Crippen molar-refractivity contribution in [2.24, 2.45) is 5.92 Å². The molecule has 3 unspecified atom stereocenters. The summed E-state index contributed by atoms with van der Waals surface area (Å²) in [5.74, 6) is 2.12. The second-order valence-electron chi connectivity index (χ2n) is 7.33. The Morgan fingerprint density at radius 1 is 1.26 bits per heavy atom. The number of nitrogens with zero attached hydrogens (tertiary/aromatic N) is 1. The van der Waals surface area contributed by atoms with Crippen LogP contribution in [0.5, 0.6) is 0 Å². The van der Waals surface area contributed by atoms with Gasteiger partial charge in [-0.15, -0.1) is 0 Å². The van der Waals surface area contributed by atoms with E-state index in [9.17, 15) is 4.79 Å². The lowest BCUT2D eigenvalue weighted by Gasteiger charge is -2.33. The van der Waals surface area contributed by atoms with Gasteiger partial charge in [0, 0.05) is 30.6 Å². The first-order valence-corrected chi connectivity index (χ1v) is 9.91. The molecule has 6 heteroatoms. The van der Waals surface area contributed by atoms with Crippen LogP contribution in [0, 0.1) is 12.8 Å². The number of halogens is 1. The van der Waals surface area contributed by atoms with Crippen LogP contribution in [0.1, 0.15) is 35.5 Å². The van der Waals surface area contributed by atoms with E-state index in [4.69, 9.17) is 20.8 Å². The largest absolute Gasteiger partial charge is 0.465 e. The normalized spacial score (nSPS) is 23.8. The lowest BCUT2D eigenvalue weighted by Crippen LogP contribution is -2.44. The van der Waals surface area contributed by atoms with Gasteiger partial charge in [0.05, 0.1) is 19.3 Å². The van der Waals surface area contributed by atoms with Crippen molar-refractivity contribution >= 4 is 17.5 Å². The number of hydrogen-bond donors (Lipinski definition) is 1. The van der Waals surface area contributed by atoms with Crippen LogP contribution in [-0.4, -0.2) is 43.7 Å². The summed E-state index contributed by atoms with van der Waals surface area (Å²) in [6, 6.07) is 11.8. The van der Waals surface area contributed by atoms with Crippen molar-refractivity contribution in [3.05, 3.63) is 58.5 Å². The molecular formula is C21H25ClN2O3. The van der Waals surface area contributed by atoms with Crippen LogP contribution in [-0.2, 0) is 9.53 Å². The molecule has 1 aliphatic heterocycles. The van der Waals surface area contributed by atoms with E-state index >= 15 is 0 Å². The van der Waals surface area contributed by atoms with Crippen molar-refractivity contribution in [3.63, 3.8) is 0 Å². The van der Waals surface area contributed by atoms with Gasteiger partial charge in [-0.1, -0.05) is 29.8 Å². The SMILES string of the molecule is Cc1ccc(C(CNC(=O)C2CC2c2ccccc2Cl)N2CCOCC2)o1. The molecule has 2 fully saturated rings. The molecule has 1 aromatic heterocycles. The standard InChI is InChI=1S/C21H25ClN2O3/c1-14-6-7-20(27-14)19(24-8-10-26-11-9-24)13-23-21(25)17-12-16(17)15-4-2-3-5-18(15)22/h2-7,16-17,19H,8-13H2,1H3,(H,23,25). The van der Waals surface area contributed by atoms with Crippen LogP contribution in [0.15, 0.2) is 40.8 Å². The van der Waals surface area contributed by atoms with E-state index in [1.807, 2.05) is 43.3 Å². The first-order chi connectivity index (χ1) is 13.1. The van der Waals surface area contributed by atoms with Gasteiger partial charge in [-0.05, 0) is 43.0 Å². The Morgan fingerprint density at radius 2 is 2.04 bits per heavy atom. The number of aryl methyl sites for hydroxylation is 1. The smallest absolute Gasteiger partial charge is 0.223 e. The maximum Gasteiger partial charge on any atom is 0.223 e. The lowest BCUT2D eigenvalue weighted by atomic mass is 10.1. The number of nitrogens with one attached hydrogen (secondary N) is 1. The fraction of sp³-hybridized carbons (Fsp3) is 0.476. The maximum atomic E-state index is 12.7. The minimum Gasteiger partial charge on any atom is -0.465 e. The van der Waals surface area contributed by atoms with Crippen LogP contribution in [0.4, 0.5) is 0 Å². The molecule has 1 amide bonds. The molecule has 3 atom stereocenters. The van der Waals surface area contributed by atoms with Crippen molar-refractivity contribution in [1.82, 2.24) is 10.2 Å². The first-order valence-electron chi connectivity index (χ1n) is 9.54. The zero-order valence-electron chi connectivity index (χ0n) is 15.5. The second-order valence-corrected chi connectivity index (χ2v) is 7.74. The molecule has 2 aromatic rings. The van der Waals surface area contributed by atoms with Crippen molar-refractivity contribution in [2.75, 3.05) is 32.8 Å². The van der Waals surface area contributed by atoms with E-state index in [2.05, 4.69) is 10.2 Å². The molecule has 2 aliphatic rings. The van der Waals surface area contributed by atoms with Gasteiger partial charge in [-0.25, -0.2) is 0 Å². The van der Waals surface area contributed by atoms with E-state index in [0.29, 0.717) is 19.8 Å². The van der Waals surface area contributed by atoms with Gasteiger partial charge in [-0.3, -0.25) is 9.69 Å². The number of morpholine rings is 1. The van der Waals surface area contributed by atoms with Crippen LogP contribution in [0.2, 0.25) is 5.02 Å². The number of benzene rings is 1. The summed E-state index contributed by atoms with van der Waals surface area (Å²) < 4.78 is 11.3. The van der Waals surface area contributed by atoms with Gasteiger partial charge in [0.15, 0.2) is 0 Å². The van der Waals surface area contributed by atoms with Crippen LogP contribution < -0.4 is 5.32 Å². The van der Waals surface area contributed by atoms with Crippen LogP contribution >= 0.6 is 11.6 Å². The number of ether oxygens (including phenoxy) is 1. The molecule has 0 bridgehead atoms. The third kappa shape index (κ3) is 4.21. The summed E-state index contributed by atoms with van der Waals surface area (Å²) >= 11 is 6.28. The summed E-state index contributed by atoms with van der Waals surface area (Å²) in [5.41, 5.74) is 1.07. The zero-order chi connectivity index (χ0) is 18.8. The number of furan rings is 1. The quantitative estimate of drug-likeness (QED) is 0.822. The highest BCUT2D eigenvalue weighted by Crippen LogP contribution is 2.49. The number of carbonyl (C=O) groups is 1. The summed E-state index contributed by atoms with van der Waals surface area (Å²) in [6.07, 6.45) is 0.859. The van der Waals surface area contributed by atoms with Crippen molar-refractivity contribution in [2.45, 2.75) is 25.3 Å². The molecule has 5 nitrogen and oxygen atoms in total. The number of amides is 1. The average Bonchev–Trinajstić information content (AvgIpc) is 3.37. The van der Waals surface area contributed by atoms with E-state index in [1.54, 1.807) is 0 Å². The highest BCUT2D eigenvalue weighted by atomic mass is 35.5. The fourth-order valence-corrected chi connectivity index (χ4v) is 4.14. The van der Waals surface area contributed by atoms with Crippen LogP contribution in [0.25, 0.3) is 0 Å². The summed E-state index contributed by atoms with van der Waals surface area (Å²) in [7, 11) is 0. The minimum absolute atomic E-state index is 0.00794. The highest BCUT2D eigenvalue weighted by Gasteiger charge is 2.45. The Hall–Kier alpha value is -1.82. The zero-order valence-corrected chi connectivity index (χ0v) is 16.2. The Kier molecular flexibility index (Phi) is 5.53. The van der Waals surface area contributed by atoms with Crippen molar-refractivity contribution in [3.8, 4) is 0 Å². The molecule has 1 saturated carbocycles. The van der Waals surface area contributed by atoms with Crippen LogP contribution in [0.3, 0.4) is 0 Å². The monoisotopic (exact) mass is 388 g/mol. The molecule has 144 valence electrons. The lowest BCUT2D eigenvalue weighted by molar-refractivity contribution is -0.122. The Balaban J connectivity index is 1.39. The second kappa shape index (κ2) is 8.05. The van der Waals surface area contributed by atoms with E-state index in [0.717, 1.165) is 41.6 Å². The number of carbonyl (C=O) groups excluding carboxylic acids is 1. The van der Waals surface area contributed by atoms with Crippen molar-refractivity contribution in [1.29, 1.82) is 0 Å². The van der Waals surface area contributed by atoms with E-state index in [-0.39, 0.29) is 23.8 Å². The molecule has 1 saturated heterocycles. The third-order valence-corrected chi connectivity index (χ3v) is 5.82. The predicted octanol–water partition coefficient (Wildman–Crippen LogP) is 3.53. The Labute approximate surface area is 164 Å². The summed E-state index contributed by atoms with van der Waals surface area (Å²) in [4.78, 5) is 15.0. The molecule has 2 heterocycles. The van der Waals surface area contributed by atoms with Gasteiger partial charge in [0.25, 0.3) is 0 Å². The van der Waals surface area contributed by atoms with E-state index < -0.39 is 0 Å². The Bertz CT molecular complexity index is 800. The molecule has 0 radical (unpaired) electrons. The van der Waals surface area contributed by atoms with E-state index in [1.165, 1.54) is 0 Å². The topological polar surface area (TPSA) is 54.7 Å². The molecule has 4 rings (SSSR count). The number of rotatable bonds is 6. The van der Waals surface area contributed by atoms with Gasteiger partial charge < -0.3 is 14.5 Å². The summed E-state index contributed by atoms with van der Waals surface area (Å²) in [6.45, 7) is 5.58. The average molecular weight is 389 g/mol. The predicted molar refractivity (Wildman–Crippen MR) is 104 cm³/mol. The first kappa shape index (κ1) is 18.5. The van der Waals surface area contributed by atoms with Gasteiger partial charge >= 0.3 is 0 Å². The van der Waals surface area contributed by atoms with Gasteiger partial charge in [0.2, 0.25) is 5.91 Å². The summed E-state index contributed by atoms with van der Waals surface area (Å²) in [5, 5.41) is 3.89. The molecule has 0 spiro atoms. The fourth-order valence-electron chi connectivity index (χ4n) is 3.86. The molecular weight excluding hydrogens is 364 g/mol. The minimum atomic E-state index is 0.00794. The molecule has 1 aliphatic carbocycles. The van der Waals surface area contributed by atoms with Gasteiger partial charge in [-0.2, -0.15) is 0 Å². The number of hydrogen-bond acceptors (Lipinski definition) is 4. The van der Waals surface area contributed by atoms with Gasteiger partial charge in [0.1, 0.15) is 11.5 Å². The highest BCUT2D eigenvalue weighted by molar-refractivity contribution is 6.31. The maximum absolute atomic E-state index is 12.7. The molecule has 27 heavy (non-hydrogen) atoms.